The van der Waals surface area contributed by atoms with Crippen molar-refractivity contribution in [3.63, 3.8) is 0 Å². The highest BCUT2D eigenvalue weighted by Crippen LogP contribution is 2.35. The number of urea groups is 1. The van der Waals surface area contributed by atoms with Crippen molar-refractivity contribution in [1.82, 2.24) is 29.2 Å². The molecule has 14 heteroatoms. The smallest absolute Gasteiger partial charge is 0.331 e. The van der Waals surface area contributed by atoms with Crippen LogP contribution in [0.2, 0.25) is 0 Å². The normalized spacial score (nSPS) is 18.2. The summed E-state index contributed by atoms with van der Waals surface area (Å²) in [7, 11) is 5.21. The number of benzene rings is 3. The first-order valence-corrected chi connectivity index (χ1v) is 22.2. The van der Waals surface area contributed by atoms with Gasteiger partial charge in [-0.2, -0.15) is 4.98 Å². The van der Waals surface area contributed by atoms with Crippen LogP contribution in [0.25, 0.3) is 11.0 Å². The lowest BCUT2D eigenvalue weighted by Gasteiger charge is -2.40. The molecule has 2 aromatic heterocycles. The first kappa shape index (κ1) is 41.2. The Bertz CT molecular complexity index is 2380. The van der Waals surface area contributed by atoms with Gasteiger partial charge in [-0.05, 0) is 97.8 Å². The van der Waals surface area contributed by atoms with E-state index in [0.29, 0.717) is 30.5 Å². The number of ether oxygens (including phenoxy) is 1. The third-order valence-corrected chi connectivity index (χ3v) is 13.2. The van der Waals surface area contributed by atoms with Crippen LogP contribution in [0.4, 0.5) is 33.5 Å². The molecule has 0 bridgehead atoms. The highest BCUT2D eigenvalue weighted by Gasteiger charge is 2.34. The maximum absolute atomic E-state index is 13.6. The lowest BCUT2D eigenvalue weighted by molar-refractivity contribution is -0.129. The molecule has 0 unspecified atom stereocenters. The van der Waals surface area contributed by atoms with Gasteiger partial charge < -0.3 is 29.3 Å². The number of aromatic nitrogens is 3. The molecule has 0 atom stereocenters. The average Bonchev–Trinajstić information content (AvgIpc) is 3.97. The summed E-state index contributed by atoms with van der Waals surface area (Å²) in [5.41, 5.74) is 6.47. The van der Waals surface area contributed by atoms with Crippen molar-refractivity contribution in [2.45, 2.75) is 57.5 Å². The minimum Gasteiger partial charge on any atom is -0.497 e. The molecule has 1 saturated carbocycles. The number of methoxy groups -OCH3 is 1. The van der Waals surface area contributed by atoms with Gasteiger partial charge >= 0.3 is 6.03 Å². The molecule has 1 N–H and O–H groups in total. The predicted molar refractivity (Wildman–Crippen MR) is 244 cm³/mol. The molecule has 5 aromatic rings. The molecule has 3 aromatic carbocycles. The molecular weight excluding hydrogens is 781 g/mol. The number of carbonyl (C=O) groups is 3. The van der Waals surface area contributed by atoms with E-state index in [1.807, 2.05) is 48.7 Å². The van der Waals surface area contributed by atoms with Crippen LogP contribution in [0.15, 0.2) is 85.1 Å². The maximum Gasteiger partial charge on any atom is 0.331 e. The quantitative estimate of drug-likeness (QED) is 0.136. The Kier molecular flexibility index (Phi) is 12.0. The molecule has 14 nitrogen and oxygen atoms in total. The molecule has 62 heavy (non-hydrogen) atoms. The molecule has 0 radical (unpaired) electrons. The number of hydrogen-bond donors (Lipinski definition) is 1. The van der Waals surface area contributed by atoms with E-state index in [2.05, 4.69) is 66.0 Å². The number of amides is 4. The van der Waals surface area contributed by atoms with E-state index in [-0.39, 0.29) is 30.4 Å². The van der Waals surface area contributed by atoms with E-state index in [9.17, 15) is 14.4 Å². The van der Waals surface area contributed by atoms with E-state index in [1.165, 1.54) is 23.4 Å². The minimum absolute atomic E-state index is 0.00877. The summed E-state index contributed by atoms with van der Waals surface area (Å²) >= 11 is 0. The Labute approximate surface area is 364 Å². The van der Waals surface area contributed by atoms with E-state index < -0.39 is 0 Å². The van der Waals surface area contributed by atoms with Crippen molar-refractivity contribution in [2.75, 3.05) is 93.6 Å². The van der Waals surface area contributed by atoms with Crippen molar-refractivity contribution < 1.29 is 19.1 Å². The molecule has 3 saturated heterocycles. The molecule has 4 amide bonds. The largest absolute Gasteiger partial charge is 0.497 e. The zero-order valence-corrected chi connectivity index (χ0v) is 36.2. The number of carbonyl (C=O) groups excluding carboxylic acids is 3. The standard InChI is InChI=1S/C48H58N10O4/c1-52(2)46(60)43-29-36-31-49-47(51-45(36)58(43)39-7-4-5-8-39)50-37-13-15-38(16-14-37)55-27-25-53(26-28-55)32-35-19-22-54(23-20-35)40-9-6-10-41(30-40)56-24-21-44(59)57(48(56)61)33-34-11-17-42(62-3)18-12-34/h6,9-18,29-31,35,39H,4-5,7-8,19-28,32-33H2,1-3H3,(H,49,50,51). The highest BCUT2D eigenvalue weighted by molar-refractivity contribution is 6.05. The summed E-state index contributed by atoms with van der Waals surface area (Å²) in [5.74, 6) is 1.76. The maximum atomic E-state index is 13.6. The van der Waals surface area contributed by atoms with Crippen molar-refractivity contribution >= 4 is 57.6 Å². The Morgan fingerprint density at radius 3 is 2.23 bits per heavy atom. The van der Waals surface area contributed by atoms with Gasteiger partial charge in [0.15, 0.2) is 0 Å². The van der Waals surface area contributed by atoms with E-state index in [1.54, 1.807) is 31.0 Å². The lowest BCUT2D eigenvalue weighted by atomic mass is 9.95. The van der Waals surface area contributed by atoms with Gasteiger partial charge in [-0.25, -0.2) is 9.78 Å². The Morgan fingerprint density at radius 1 is 0.806 bits per heavy atom. The number of piperidine rings is 1. The number of imide groups is 1. The molecule has 9 rings (SSSR count). The van der Waals surface area contributed by atoms with E-state index in [0.717, 1.165) is 111 Å². The van der Waals surface area contributed by atoms with E-state index >= 15 is 0 Å². The van der Waals surface area contributed by atoms with Gasteiger partial charge in [0.1, 0.15) is 17.1 Å². The molecule has 5 heterocycles. The molecular formula is C48H58N10O4. The van der Waals surface area contributed by atoms with Gasteiger partial charge in [0.05, 0.1) is 13.7 Å². The lowest BCUT2D eigenvalue weighted by Crippen LogP contribution is -2.52. The SMILES string of the molecule is COc1ccc(CN2C(=O)CCN(c3cccc(N4CCC(CN5CCN(c6ccc(Nc7ncc8cc(C(=O)N(C)C)n(C9CCCC9)c8n7)cc6)CC5)CC4)c3)C2=O)cc1. The second-order valence-electron chi connectivity index (χ2n) is 17.4. The zero-order chi connectivity index (χ0) is 42.7. The van der Waals surface area contributed by atoms with Crippen LogP contribution in [-0.2, 0) is 11.3 Å². The van der Waals surface area contributed by atoms with Crippen LogP contribution in [-0.4, -0.2) is 121 Å². The van der Waals surface area contributed by atoms with Crippen molar-refractivity contribution in [2.24, 2.45) is 5.92 Å². The third kappa shape index (κ3) is 8.78. The van der Waals surface area contributed by atoms with Crippen LogP contribution in [0.5, 0.6) is 5.75 Å². The predicted octanol–water partition coefficient (Wildman–Crippen LogP) is 7.40. The van der Waals surface area contributed by atoms with Gasteiger partial charge in [-0.3, -0.25) is 24.3 Å². The molecule has 4 fully saturated rings. The molecule has 4 aliphatic rings. The average molecular weight is 839 g/mol. The van der Waals surface area contributed by atoms with Crippen LogP contribution >= 0.6 is 0 Å². The van der Waals surface area contributed by atoms with Crippen LogP contribution in [0.3, 0.4) is 0 Å². The number of anilines is 5. The van der Waals surface area contributed by atoms with Gasteiger partial charge in [0.25, 0.3) is 5.91 Å². The zero-order valence-electron chi connectivity index (χ0n) is 36.2. The van der Waals surface area contributed by atoms with Crippen LogP contribution in [0.1, 0.15) is 67.0 Å². The molecule has 1 aliphatic carbocycles. The molecule has 324 valence electrons. The van der Waals surface area contributed by atoms with Gasteiger partial charge in [0.2, 0.25) is 11.9 Å². The number of hydrogen-bond acceptors (Lipinski definition) is 10. The Morgan fingerprint density at radius 2 is 1.52 bits per heavy atom. The first-order chi connectivity index (χ1) is 30.2. The van der Waals surface area contributed by atoms with Crippen LogP contribution < -0.4 is 24.8 Å². The summed E-state index contributed by atoms with van der Waals surface area (Å²) in [4.78, 5) is 61.4. The number of piperazine rings is 1. The number of fused-ring (bicyclic) bond motifs is 1. The summed E-state index contributed by atoms with van der Waals surface area (Å²) in [6, 6.07) is 26.2. The Hall–Kier alpha value is -6.15. The van der Waals surface area contributed by atoms with Gasteiger partial charge in [0, 0.05) is 113 Å². The fourth-order valence-electron chi connectivity index (χ4n) is 9.66. The van der Waals surface area contributed by atoms with Crippen molar-refractivity contribution in [1.29, 1.82) is 0 Å². The topological polar surface area (TPSA) is 123 Å². The summed E-state index contributed by atoms with van der Waals surface area (Å²) < 4.78 is 7.41. The van der Waals surface area contributed by atoms with E-state index in [4.69, 9.17) is 9.72 Å². The first-order valence-electron chi connectivity index (χ1n) is 22.2. The summed E-state index contributed by atoms with van der Waals surface area (Å²) in [6.07, 6.45) is 8.82. The van der Waals surface area contributed by atoms with Crippen LogP contribution in [0, 0.1) is 5.92 Å². The second kappa shape index (κ2) is 18.1. The van der Waals surface area contributed by atoms with Crippen molar-refractivity contribution in [3.8, 4) is 5.75 Å². The number of nitrogens with zero attached hydrogens (tertiary/aromatic N) is 9. The molecule has 3 aliphatic heterocycles. The molecule has 0 spiro atoms. The fraction of sp³-hybridized carbons (Fsp3) is 0.438. The monoisotopic (exact) mass is 838 g/mol. The number of rotatable bonds is 12. The van der Waals surface area contributed by atoms with Gasteiger partial charge in [-0.1, -0.05) is 31.0 Å². The Balaban J connectivity index is 0.750. The van der Waals surface area contributed by atoms with Crippen molar-refractivity contribution in [3.05, 3.63) is 96.3 Å². The highest BCUT2D eigenvalue weighted by atomic mass is 16.5. The minimum atomic E-state index is -0.276. The second-order valence-corrected chi connectivity index (χ2v) is 17.4. The van der Waals surface area contributed by atoms with Gasteiger partial charge in [-0.15, -0.1) is 0 Å². The fourth-order valence-corrected chi connectivity index (χ4v) is 9.66. The summed E-state index contributed by atoms with van der Waals surface area (Å²) in [6.45, 7) is 7.75. The number of nitrogens with one attached hydrogen (secondary N) is 1. The third-order valence-electron chi connectivity index (χ3n) is 13.2. The summed E-state index contributed by atoms with van der Waals surface area (Å²) in [5, 5.41) is 4.30.